The number of hydrogen-bond donors (Lipinski definition) is 1. The Hall–Kier alpha value is -2.08. The Labute approximate surface area is 118 Å². The number of aryl methyl sites for hydroxylation is 1. The van der Waals surface area contributed by atoms with E-state index in [0.717, 1.165) is 37.8 Å². The summed E-state index contributed by atoms with van der Waals surface area (Å²) in [5.74, 6) is 0.919. The fraction of sp³-hybridized carbons (Fsp3) is 0.429. The SMILES string of the molecule is Cn1ncnc1CNc1ccc(N2CCOCC2)cc1. The maximum atomic E-state index is 5.37. The quantitative estimate of drug-likeness (QED) is 0.909. The van der Waals surface area contributed by atoms with Crippen LogP contribution in [0.1, 0.15) is 5.82 Å². The van der Waals surface area contributed by atoms with Crippen molar-refractivity contribution < 1.29 is 4.74 Å². The Balaban J connectivity index is 1.59. The van der Waals surface area contributed by atoms with Crippen LogP contribution in [0.25, 0.3) is 0 Å². The van der Waals surface area contributed by atoms with Gasteiger partial charge in [0.05, 0.1) is 19.8 Å². The highest BCUT2D eigenvalue weighted by Crippen LogP contribution is 2.19. The highest BCUT2D eigenvalue weighted by atomic mass is 16.5. The summed E-state index contributed by atoms with van der Waals surface area (Å²) in [5, 5.41) is 7.40. The molecule has 1 aromatic heterocycles. The minimum atomic E-state index is 0.674. The van der Waals surface area contributed by atoms with Crippen LogP contribution in [0.4, 0.5) is 11.4 Å². The first-order chi connectivity index (χ1) is 9.83. The minimum absolute atomic E-state index is 0.674. The predicted molar refractivity (Wildman–Crippen MR) is 77.8 cm³/mol. The van der Waals surface area contributed by atoms with Gasteiger partial charge in [0, 0.05) is 31.5 Å². The lowest BCUT2D eigenvalue weighted by atomic mass is 10.2. The molecule has 1 N–H and O–H groups in total. The second-order valence-electron chi connectivity index (χ2n) is 4.80. The zero-order valence-electron chi connectivity index (χ0n) is 11.6. The van der Waals surface area contributed by atoms with Crippen LogP contribution in [0, 0.1) is 0 Å². The molecule has 0 aliphatic carbocycles. The molecule has 2 aromatic rings. The molecule has 0 unspecified atom stereocenters. The highest BCUT2D eigenvalue weighted by Gasteiger charge is 2.10. The first kappa shape index (κ1) is 12.9. The fourth-order valence-electron chi connectivity index (χ4n) is 2.27. The number of nitrogens with zero attached hydrogens (tertiary/aromatic N) is 4. The second-order valence-corrected chi connectivity index (χ2v) is 4.80. The molecule has 3 rings (SSSR count). The lowest BCUT2D eigenvalue weighted by Crippen LogP contribution is -2.36. The van der Waals surface area contributed by atoms with Gasteiger partial charge in [-0.05, 0) is 24.3 Å². The fourth-order valence-corrected chi connectivity index (χ4v) is 2.27. The largest absolute Gasteiger partial charge is 0.378 e. The molecule has 1 aliphatic rings. The van der Waals surface area contributed by atoms with Crippen molar-refractivity contribution in [3.63, 3.8) is 0 Å². The van der Waals surface area contributed by atoms with Crippen LogP contribution >= 0.6 is 0 Å². The van der Waals surface area contributed by atoms with E-state index in [1.807, 2.05) is 7.05 Å². The topological polar surface area (TPSA) is 55.2 Å². The van der Waals surface area contributed by atoms with Gasteiger partial charge in [0.25, 0.3) is 0 Å². The summed E-state index contributed by atoms with van der Waals surface area (Å²) in [6.45, 7) is 4.23. The monoisotopic (exact) mass is 273 g/mol. The summed E-state index contributed by atoms with van der Waals surface area (Å²) in [6.07, 6.45) is 1.57. The maximum Gasteiger partial charge on any atom is 0.145 e. The summed E-state index contributed by atoms with van der Waals surface area (Å²) in [4.78, 5) is 6.53. The molecule has 1 saturated heterocycles. The van der Waals surface area contributed by atoms with Gasteiger partial charge < -0.3 is 15.0 Å². The van der Waals surface area contributed by atoms with Crippen LogP contribution in [0.3, 0.4) is 0 Å². The molecule has 6 nitrogen and oxygen atoms in total. The van der Waals surface area contributed by atoms with Crippen LogP contribution < -0.4 is 10.2 Å². The van der Waals surface area contributed by atoms with Crippen molar-refractivity contribution in [3.8, 4) is 0 Å². The zero-order valence-corrected chi connectivity index (χ0v) is 11.6. The molecule has 1 aliphatic heterocycles. The second kappa shape index (κ2) is 5.92. The van der Waals surface area contributed by atoms with Crippen LogP contribution in [0.2, 0.25) is 0 Å². The van der Waals surface area contributed by atoms with E-state index >= 15 is 0 Å². The number of hydrogen-bond acceptors (Lipinski definition) is 5. The van der Waals surface area contributed by atoms with Crippen molar-refractivity contribution >= 4 is 11.4 Å². The Kier molecular flexibility index (Phi) is 3.83. The number of ether oxygens (including phenoxy) is 1. The molecule has 0 radical (unpaired) electrons. The van der Waals surface area contributed by atoms with Crippen LogP contribution in [0.15, 0.2) is 30.6 Å². The van der Waals surface area contributed by atoms with Gasteiger partial charge in [0.1, 0.15) is 12.2 Å². The average Bonchev–Trinajstić information content (AvgIpc) is 2.92. The number of anilines is 2. The molecule has 6 heteroatoms. The summed E-state index contributed by atoms with van der Waals surface area (Å²) in [6, 6.07) is 8.48. The van der Waals surface area contributed by atoms with E-state index in [-0.39, 0.29) is 0 Å². The third-order valence-electron chi connectivity index (χ3n) is 3.50. The number of nitrogens with one attached hydrogen (secondary N) is 1. The predicted octanol–water partition coefficient (Wildman–Crippen LogP) is 1.26. The van der Waals surface area contributed by atoms with Crippen molar-refractivity contribution in [1.29, 1.82) is 0 Å². The molecule has 0 amide bonds. The maximum absolute atomic E-state index is 5.37. The van der Waals surface area contributed by atoms with Gasteiger partial charge in [-0.25, -0.2) is 4.98 Å². The van der Waals surface area contributed by atoms with E-state index in [0.29, 0.717) is 6.54 Å². The first-order valence-electron chi connectivity index (χ1n) is 6.82. The number of morpholine rings is 1. The van der Waals surface area contributed by atoms with E-state index in [1.54, 1.807) is 11.0 Å². The molecule has 106 valence electrons. The first-order valence-corrected chi connectivity index (χ1v) is 6.82. The van der Waals surface area contributed by atoms with Gasteiger partial charge >= 0.3 is 0 Å². The van der Waals surface area contributed by atoms with Gasteiger partial charge in [-0.1, -0.05) is 0 Å². The molecular weight excluding hydrogens is 254 g/mol. The standard InChI is InChI=1S/C14H19N5O/c1-18-14(16-11-17-18)10-15-12-2-4-13(5-3-12)19-6-8-20-9-7-19/h2-5,11,15H,6-10H2,1H3. The van der Waals surface area contributed by atoms with E-state index in [1.165, 1.54) is 5.69 Å². The van der Waals surface area contributed by atoms with Gasteiger partial charge in [-0.15, -0.1) is 0 Å². The molecule has 1 aromatic carbocycles. The Morgan fingerprint density at radius 1 is 1.20 bits per heavy atom. The molecular formula is C14H19N5O. The van der Waals surface area contributed by atoms with Crippen molar-refractivity contribution in [2.75, 3.05) is 36.5 Å². The third-order valence-corrected chi connectivity index (χ3v) is 3.50. The van der Waals surface area contributed by atoms with E-state index in [2.05, 4.69) is 44.6 Å². The van der Waals surface area contributed by atoms with Gasteiger partial charge in [-0.3, -0.25) is 4.68 Å². The summed E-state index contributed by atoms with van der Waals surface area (Å²) >= 11 is 0. The van der Waals surface area contributed by atoms with Crippen molar-refractivity contribution in [2.24, 2.45) is 7.05 Å². The van der Waals surface area contributed by atoms with Crippen LogP contribution in [-0.4, -0.2) is 41.1 Å². The molecule has 0 saturated carbocycles. The van der Waals surface area contributed by atoms with Gasteiger partial charge in [-0.2, -0.15) is 5.10 Å². The summed E-state index contributed by atoms with van der Waals surface area (Å²) in [7, 11) is 1.89. The molecule has 0 bridgehead atoms. The van der Waals surface area contributed by atoms with E-state index < -0.39 is 0 Å². The summed E-state index contributed by atoms with van der Waals surface area (Å²) < 4.78 is 7.14. The van der Waals surface area contributed by atoms with Crippen molar-refractivity contribution in [2.45, 2.75) is 6.54 Å². The molecule has 1 fully saturated rings. The smallest absolute Gasteiger partial charge is 0.145 e. The Morgan fingerprint density at radius 3 is 2.60 bits per heavy atom. The number of aromatic nitrogens is 3. The Morgan fingerprint density at radius 2 is 1.95 bits per heavy atom. The molecule has 20 heavy (non-hydrogen) atoms. The van der Waals surface area contributed by atoms with Crippen molar-refractivity contribution in [3.05, 3.63) is 36.4 Å². The lowest BCUT2D eigenvalue weighted by molar-refractivity contribution is 0.122. The van der Waals surface area contributed by atoms with E-state index in [4.69, 9.17) is 4.74 Å². The van der Waals surface area contributed by atoms with Gasteiger partial charge in [0.15, 0.2) is 0 Å². The van der Waals surface area contributed by atoms with Crippen LogP contribution in [-0.2, 0) is 18.3 Å². The molecule has 0 atom stereocenters. The van der Waals surface area contributed by atoms with Crippen molar-refractivity contribution in [1.82, 2.24) is 14.8 Å². The third kappa shape index (κ3) is 2.91. The highest BCUT2D eigenvalue weighted by molar-refractivity contribution is 5.55. The number of rotatable bonds is 4. The normalized spacial score (nSPS) is 15.3. The van der Waals surface area contributed by atoms with Crippen LogP contribution in [0.5, 0.6) is 0 Å². The average molecular weight is 273 g/mol. The zero-order chi connectivity index (χ0) is 13.8. The van der Waals surface area contributed by atoms with E-state index in [9.17, 15) is 0 Å². The number of benzene rings is 1. The molecule has 2 heterocycles. The minimum Gasteiger partial charge on any atom is -0.378 e. The lowest BCUT2D eigenvalue weighted by Gasteiger charge is -2.28. The summed E-state index contributed by atoms with van der Waals surface area (Å²) in [5.41, 5.74) is 2.34. The Bertz CT molecular complexity index is 545. The van der Waals surface area contributed by atoms with Gasteiger partial charge in [0.2, 0.25) is 0 Å². The molecule has 0 spiro atoms.